The van der Waals surface area contributed by atoms with E-state index in [0.29, 0.717) is 0 Å². The summed E-state index contributed by atoms with van der Waals surface area (Å²) < 4.78 is 58.4. The van der Waals surface area contributed by atoms with E-state index in [1.54, 1.807) is 0 Å². The fraction of sp³-hybridized carbons (Fsp3) is 0.950. The van der Waals surface area contributed by atoms with Crippen molar-refractivity contribution in [2.24, 2.45) is 0 Å². The molecule has 72 heavy (non-hydrogen) atoms. The quantitative estimate of drug-likeness (QED) is 0.0507. The first-order valence-electron chi connectivity index (χ1n) is 22.9. The molecule has 20 N–H and O–H groups in total. The molecule has 5 saturated heterocycles. The zero-order valence-electron chi connectivity index (χ0n) is 38.9. The maximum Gasteiger partial charge on any atom is 0.217 e. The standard InChI is InChI=1S/C40H70N2O30/c1-10-21(53)28(60)29(61)38(63-10)72-35-34(71-36-19(41-11(2)49)26(58)23(55)15(6-45)64-36)25(57)17(8-47)66-40(35)69-32-18(9-48)67-37(20(27(32)59)42-12(3)50)70-33-24(56)16(7-46)65-39(30(33)62)68-31(14(52)5-44)22(54)13(51)4-43/h10,13-40,43-48,51-62H,4-9H2,1-3H3,(H,41,49)(H,42,50)/t10-,13-,14+,15+,16+,17+,18+,19+,20+,21+,22+,23-,24-,25-,26+,27+,28+,29-,30+,31+,32+,33-,34-,35+,36+,37-,38-,39-,40-/m0/s1. The van der Waals surface area contributed by atoms with Gasteiger partial charge in [-0.05, 0) is 6.92 Å². The lowest BCUT2D eigenvalue weighted by atomic mass is 9.93. The van der Waals surface area contributed by atoms with Crippen molar-refractivity contribution in [2.45, 2.75) is 199 Å². The lowest BCUT2D eigenvalue weighted by Crippen LogP contribution is -2.71. The highest BCUT2D eigenvalue weighted by Crippen LogP contribution is 2.37. The molecular weight excluding hydrogens is 988 g/mol. The molecule has 0 aromatic carbocycles. The van der Waals surface area contributed by atoms with Crippen LogP contribution in [0.4, 0.5) is 0 Å². The Kier molecular flexibility index (Phi) is 22.5. The second kappa shape index (κ2) is 26.7. The van der Waals surface area contributed by atoms with Gasteiger partial charge in [-0.1, -0.05) is 0 Å². The minimum atomic E-state index is -2.22. The molecule has 5 heterocycles. The third kappa shape index (κ3) is 13.5. The molecule has 0 aromatic rings. The van der Waals surface area contributed by atoms with E-state index in [1.165, 1.54) is 6.92 Å². The predicted octanol–water partition coefficient (Wildman–Crippen LogP) is -13.1. The van der Waals surface area contributed by atoms with Gasteiger partial charge in [-0.25, -0.2) is 0 Å². The first kappa shape index (κ1) is 60.7. The van der Waals surface area contributed by atoms with Crippen LogP contribution in [0.25, 0.3) is 0 Å². The molecule has 0 unspecified atom stereocenters. The van der Waals surface area contributed by atoms with Crippen LogP contribution in [-0.4, -0.2) is 321 Å². The van der Waals surface area contributed by atoms with Crippen molar-refractivity contribution in [1.82, 2.24) is 10.6 Å². The van der Waals surface area contributed by atoms with E-state index >= 15 is 0 Å². The summed E-state index contributed by atoms with van der Waals surface area (Å²) in [7, 11) is 0. The van der Waals surface area contributed by atoms with Crippen LogP contribution in [0.3, 0.4) is 0 Å². The first-order chi connectivity index (χ1) is 34.0. The van der Waals surface area contributed by atoms with Gasteiger partial charge < -0.3 is 150 Å². The number of carbonyl (C=O) groups excluding carboxylic acids is 2. The average molecular weight is 1060 g/mol. The Labute approximate surface area is 409 Å². The minimum Gasteiger partial charge on any atom is -0.394 e. The summed E-state index contributed by atoms with van der Waals surface area (Å²) in [6.07, 6.45) is -52.3. The predicted molar refractivity (Wildman–Crippen MR) is 223 cm³/mol. The van der Waals surface area contributed by atoms with Crippen molar-refractivity contribution in [3.8, 4) is 0 Å². The van der Waals surface area contributed by atoms with E-state index in [2.05, 4.69) is 10.6 Å². The molecule has 0 spiro atoms. The highest BCUT2D eigenvalue weighted by atomic mass is 16.8. The van der Waals surface area contributed by atoms with E-state index < -0.39 is 229 Å². The summed E-state index contributed by atoms with van der Waals surface area (Å²) in [4.78, 5) is 25.0. The van der Waals surface area contributed by atoms with Crippen molar-refractivity contribution in [3.05, 3.63) is 0 Å². The van der Waals surface area contributed by atoms with Crippen LogP contribution in [0.1, 0.15) is 20.8 Å². The molecule has 32 heteroatoms. The Morgan fingerprint density at radius 2 is 0.889 bits per heavy atom. The summed E-state index contributed by atoms with van der Waals surface area (Å²) in [5.41, 5.74) is 0. The number of carbonyl (C=O) groups is 2. The van der Waals surface area contributed by atoms with Crippen molar-refractivity contribution in [3.63, 3.8) is 0 Å². The number of rotatable bonds is 21. The summed E-state index contributed by atoms with van der Waals surface area (Å²) >= 11 is 0. The number of aliphatic hydroxyl groups is 18. The van der Waals surface area contributed by atoms with Crippen LogP contribution < -0.4 is 10.6 Å². The van der Waals surface area contributed by atoms with Gasteiger partial charge in [0, 0.05) is 13.8 Å². The number of amides is 2. The van der Waals surface area contributed by atoms with E-state index in [0.717, 1.165) is 13.8 Å². The Morgan fingerprint density at radius 1 is 0.444 bits per heavy atom. The molecule has 0 aliphatic carbocycles. The topological polar surface area (TPSA) is 515 Å². The molecule has 29 atom stereocenters. The molecule has 32 nitrogen and oxygen atoms in total. The van der Waals surface area contributed by atoms with Crippen molar-refractivity contribution >= 4 is 11.8 Å². The number of hydrogen-bond acceptors (Lipinski definition) is 30. The normalized spacial score (nSPS) is 45.7. The van der Waals surface area contributed by atoms with Crippen molar-refractivity contribution in [2.75, 3.05) is 39.6 Å². The zero-order valence-corrected chi connectivity index (χ0v) is 38.9. The zero-order chi connectivity index (χ0) is 53.6. The molecule has 0 saturated carbocycles. The van der Waals surface area contributed by atoms with Gasteiger partial charge in [-0.2, -0.15) is 0 Å². The van der Waals surface area contributed by atoms with Crippen LogP contribution >= 0.6 is 0 Å². The molecule has 5 aliphatic rings. The Hall–Kier alpha value is -2.18. The second-order valence-corrected chi connectivity index (χ2v) is 18.0. The first-order valence-corrected chi connectivity index (χ1v) is 22.9. The highest BCUT2D eigenvalue weighted by molar-refractivity contribution is 5.73. The number of nitrogens with one attached hydrogen (secondary N) is 2. The largest absolute Gasteiger partial charge is 0.394 e. The molecule has 2 amide bonds. The maximum absolute atomic E-state index is 12.7. The third-order valence-corrected chi connectivity index (χ3v) is 12.8. The van der Waals surface area contributed by atoms with E-state index in [4.69, 9.17) is 47.4 Å². The van der Waals surface area contributed by atoms with Gasteiger partial charge in [0.2, 0.25) is 11.8 Å². The number of aliphatic hydroxyl groups excluding tert-OH is 18. The van der Waals surface area contributed by atoms with Crippen LogP contribution in [0.15, 0.2) is 0 Å². The van der Waals surface area contributed by atoms with Crippen LogP contribution in [0, 0.1) is 0 Å². The van der Waals surface area contributed by atoms with Gasteiger partial charge >= 0.3 is 0 Å². The van der Waals surface area contributed by atoms with Gasteiger partial charge in [0.1, 0.15) is 140 Å². The van der Waals surface area contributed by atoms with Crippen LogP contribution in [0.2, 0.25) is 0 Å². The molecule has 5 aliphatic heterocycles. The molecular formula is C40H70N2O30. The van der Waals surface area contributed by atoms with E-state index in [9.17, 15) is 102 Å². The molecule has 420 valence electrons. The fourth-order valence-electron chi connectivity index (χ4n) is 8.83. The summed E-state index contributed by atoms with van der Waals surface area (Å²) in [5.74, 6) is -1.68. The average Bonchev–Trinajstić information content (AvgIpc) is 3.35. The Morgan fingerprint density at radius 3 is 1.42 bits per heavy atom. The van der Waals surface area contributed by atoms with Crippen molar-refractivity contribution < 1.29 is 149 Å². The SMILES string of the molecule is CC(=O)N[C@H]1[C@H](O[C@H]2[C@@H](O)[C@@H](CO)O[C@@H](O[C@@H]([C@H](O)[C@@H](O)CO)[C@H](O)CO)[C@@H]2O)O[C@H](CO)[C@@H](O[C@@H]2O[C@H](CO)[C@H](O)[C@H](O[C@H]3O[C@H](CO)[C@H](O)[C@H](O)[C@H]3NC(C)=O)[C@H]2O[C@@H]2O[C@@H](C)[C@@H](O)[C@@H](O)[C@@H]2O)[C@@H]1O. The van der Waals surface area contributed by atoms with Crippen LogP contribution in [-0.2, 0) is 57.0 Å². The molecule has 5 fully saturated rings. The van der Waals surface area contributed by atoms with E-state index in [1.807, 2.05) is 0 Å². The summed E-state index contributed by atoms with van der Waals surface area (Å²) in [6, 6.07) is -3.52. The van der Waals surface area contributed by atoms with E-state index in [-0.39, 0.29) is 0 Å². The van der Waals surface area contributed by atoms with Crippen molar-refractivity contribution in [1.29, 1.82) is 0 Å². The minimum absolute atomic E-state index is 0.790. The number of ether oxygens (including phenoxy) is 10. The number of hydrogen-bond donors (Lipinski definition) is 20. The molecule has 5 rings (SSSR count). The lowest BCUT2D eigenvalue weighted by Gasteiger charge is -2.51. The summed E-state index contributed by atoms with van der Waals surface area (Å²) in [6.45, 7) is -2.98. The Balaban J connectivity index is 1.51. The fourth-order valence-corrected chi connectivity index (χ4v) is 8.83. The third-order valence-electron chi connectivity index (χ3n) is 12.8. The lowest BCUT2D eigenvalue weighted by molar-refractivity contribution is -0.401. The van der Waals surface area contributed by atoms with Gasteiger partial charge in [0.15, 0.2) is 31.5 Å². The molecule has 0 bridgehead atoms. The molecule has 0 radical (unpaired) electrons. The van der Waals surface area contributed by atoms with Crippen LogP contribution in [0.5, 0.6) is 0 Å². The van der Waals surface area contributed by atoms with Gasteiger partial charge in [-0.3, -0.25) is 9.59 Å². The monoisotopic (exact) mass is 1060 g/mol. The molecule has 0 aromatic heterocycles. The van der Waals surface area contributed by atoms with Gasteiger partial charge in [0.05, 0.1) is 45.7 Å². The maximum atomic E-state index is 12.7. The Bertz CT molecular complexity index is 1680. The highest BCUT2D eigenvalue weighted by Gasteiger charge is 2.58. The summed E-state index contributed by atoms with van der Waals surface area (Å²) in [5, 5.41) is 196. The second-order valence-electron chi connectivity index (χ2n) is 18.0. The smallest absolute Gasteiger partial charge is 0.217 e. The van der Waals surface area contributed by atoms with Gasteiger partial charge in [-0.15, -0.1) is 0 Å². The van der Waals surface area contributed by atoms with Gasteiger partial charge in [0.25, 0.3) is 0 Å².